The monoisotopic (exact) mass is 193 g/mol. The minimum Gasteiger partial charge on any atom is -0.382 e. The summed E-state index contributed by atoms with van der Waals surface area (Å²) in [5, 5.41) is 7.21. The van der Waals surface area contributed by atoms with E-state index in [2.05, 4.69) is 31.0 Å². The lowest BCUT2D eigenvalue weighted by Crippen LogP contribution is -2.00. The van der Waals surface area contributed by atoms with E-state index in [4.69, 9.17) is 5.73 Å². The first-order valence-electron chi connectivity index (χ1n) is 5.42. The molecule has 1 aromatic heterocycles. The van der Waals surface area contributed by atoms with Crippen LogP contribution >= 0.6 is 0 Å². The molecule has 3 heteroatoms. The molecule has 2 unspecified atom stereocenters. The quantitative estimate of drug-likeness (QED) is 0.774. The molecule has 3 N–H and O–H groups in total. The summed E-state index contributed by atoms with van der Waals surface area (Å²) in [6.07, 6.45) is 2.33. The Morgan fingerprint density at radius 1 is 1.57 bits per heavy atom. The van der Waals surface area contributed by atoms with Gasteiger partial charge in [0.2, 0.25) is 0 Å². The first-order chi connectivity index (χ1) is 6.59. The topological polar surface area (TPSA) is 54.7 Å². The van der Waals surface area contributed by atoms with Gasteiger partial charge in [-0.15, -0.1) is 0 Å². The summed E-state index contributed by atoms with van der Waals surface area (Å²) in [4.78, 5) is 0. The largest absolute Gasteiger partial charge is 0.382 e. The molecule has 0 amide bonds. The zero-order valence-electron chi connectivity index (χ0n) is 9.17. The van der Waals surface area contributed by atoms with Crippen LogP contribution in [0.3, 0.4) is 0 Å². The van der Waals surface area contributed by atoms with Crippen LogP contribution in [-0.2, 0) is 6.42 Å². The van der Waals surface area contributed by atoms with Crippen molar-refractivity contribution in [3.05, 3.63) is 11.3 Å². The van der Waals surface area contributed by atoms with Gasteiger partial charge >= 0.3 is 0 Å². The average molecular weight is 193 g/mol. The van der Waals surface area contributed by atoms with Gasteiger partial charge in [-0.3, -0.25) is 5.10 Å². The first kappa shape index (κ1) is 9.56. The van der Waals surface area contributed by atoms with Crippen molar-refractivity contribution in [2.24, 2.45) is 11.8 Å². The summed E-state index contributed by atoms with van der Waals surface area (Å²) in [6, 6.07) is 0. The van der Waals surface area contributed by atoms with Crippen molar-refractivity contribution < 1.29 is 0 Å². The minimum absolute atomic E-state index is 0.641. The summed E-state index contributed by atoms with van der Waals surface area (Å²) in [5.74, 6) is 2.84. The van der Waals surface area contributed by atoms with E-state index in [1.54, 1.807) is 0 Å². The standard InChI is InChI=1S/C11H19N3/c1-6(2)4-9-10(8-5-7(8)3)13-14-11(9)12/h6-8H,4-5H2,1-3H3,(H3,12,13,14). The fourth-order valence-electron chi connectivity index (χ4n) is 2.05. The zero-order chi connectivity index (χ0) is 10.3. The number of rotatable bonds is 3. The Bertz CT molecular complexity index is 327. The van der Waals surface area contributed by atoms with Crippen molar-refractivity contribution in [3.8, 4) is 0 Å². The fourth-order valence-corrected chi connectivity index (χ4v) is 2.05. The lowest BCUT2D eigenvalue weighted by molar-refractivity contribution is 0.642. The molecule has 78 valence electrons. The maximum Gasteiger partial charge on any atom is 0.148 e. The van der Waals surface area contributed by atoms with Crippen molar-refractivity contribution in [1.82, 2.24) is 10.2 Å². The summed E-state index contributed by atoms with van der Waals surface area (Å²) < 4.78 is 0. The predicted octanol–water partition coefficient (Wildman–Crippen LogP) is 2.31. The Kier molecular flexibility index (Phi) is 2.25. The van der Waals surface area contributed by atoms with E-state index < -0.39 is 0 Å². The second-order valence-corrected chi connectivity index (χ2v) is 4.92. The molecule has 0 spiro atoms. The molecule has 2 rings (SSSR count). The van der Waals surface area contributed by atoms with Crippen molar-refractivity contribution >= 4 is 5.82 Å². The molecule has 1 aromatic rings. The number of hydrogen-bond donors (Lipinski definition) is 2. The molecule has 3 nitrogen and oxygen atoms in total. The van der Waals surface area contributed by atoms with Crippen molar-refractivity contribution in [2.45, 2.75) is 39.5 Å². The Morgan fingerprint density at radius 2 is 2.21 bits per heavy atom. The van der Waals surface area contributed by atoms with Gasteiger partial charge in [0.05, 0.1) is 0 Å². The lowest BCUT2D eigenvalue weighted by atomic mass is 10.0. The molecule has 0 bridgehead atoms. The van der Waals surface area contributed by atoms with Gasteiger partial charge in [0.25, 0.3) is 0 Å². The number of nitrogen functional groups attached to an aromatic ring is 1. The van der Waals surface area contributed by atoms with Gasteiger partial charge in [0.1, 0.15) is 5.82 Å². The first-order valence-corrected chi connectivity index (χ1v) is 5.42. The van der Waals surface area contributed by atoms with Gasteiger partial charge in [-0.25, -0.2) is 0 Å². The van der Waals surface area contributed by atoms with Crippen LogP contribution in [0.1, 0.15) is 44.4 Å². The van der Waals surface area contributed by atoms with Crippen molar-refractivity contribution in [2.75, 3.05) is 5.73 Å². The highest BCUT2D eigenvalue weighted by Gasteiger charge is 2.37. The van der Waals surface area contributed by atoms with E-state index in [1.165, 1.54) is 17.7 Å². The van der Waals surface area contributed by atoms with E-state index in [1.807, 2.05) is 0 Å². The Hall–Kier alpha value is -0.990. The van der Waals surface area contributed by atoms with Crippen LogP contribution in [0.25, 0.3) is 0 Å². The van der Waals surface area contributed by atoms with Crippen LogP contribution in [0, 0.1) is 11.8 Å². The Labute approximate surface area is 85.1 Å². The molecule has 0 aliphatic heterocycles. The number of aromatic nitrogens is 2. The lowest BCUT2D eigenvalue weighted by Gasteiger charge is -2.05. The molecule has 1 heterocycles. The smallest absolute Gasteiger partial charge is 0.148 e. The minimum atomic E-state index is 0.641. The van der Waals surface area contributed by atoms with Crippen LogP contribution in [0.15, 0.2) is 0 Å². The number of nitrogens with zero attached hydrogens (tertiary/aromatic N) is 1. The fraction of sp³-hybridized carbons (Fsp3) is 0.727. The molecule has 0 aromatic carbocycles. The third kappa shape index (κ3) is 1.63. The van der Waals surface area contributed by atoms with Crippen LogP contribution in [0.2, 0.25) is 0 Å². The Balaban J connectivity index is 2.22. The van der Waals surface area contributed by atoms with Gasteiger partial charge in [-0.2, -0.15) is 5.10 Å². The van der Waals surface area contributed by atoms with Crippen LogP contribution in [-0.4, -0.2) is 10.2 Å². The SMILES string of the molecule is CC(C)Cc1c(N)n[nH]c1C1CC1C. The van der Waals surface area contributed by atoms with E-state index in [9.17, 15) is 0 Å². The zero-order valence-corrected chi connectivity index (χ0v) is 9.17. The summed E-state index contributed by atoms with van der Waals surface area (Å²) in [6.45, 7) is 6.71. The van der Waals surface area contributed by atoms with Crippen molar-refractivity contribution in [3.63, 3.8) is 0 Å². The van der Waals surface area contributed by atoms with Gasteiger partial charge in [-0.05, 0) is 24.7 Å². The molecule has 14 heavy (non-hydrogen) atoms. The second-order valence-electron chi connectivity index (χ2n) is 4.92. The molecule has 2 atom stereocenters. The second kappa shape index (κ2) is 3.30. The number of nitrogens with two attached hydrogens (primary N) is 1. The predicted molar refractivity (Wildman–Crippen MR) is 58.1 cm³/mol. The van der Waals surface area contributed by atoms with Gasteiger partial charge in [0.15, 0.2) is 0 Å². The Morgan fingerprint density at radius 3 is 2.71 bits per heavy atom. The number of anilines is 1. The van der Waals surface area contributed by atoms with E-state index in [-0.39, 0.29) is 0 Å². The summed E-state index contributed by atoms with van der Waals surface area (Å²) in [7, 11) is 0. The number of hydrogen-bond acceptors (Lipinski definition) is 2. The van der Waals surface area contributed by atoms with Crippen LogP contribution in [0.4, 0.5) is 5.82 Å². The van der Waals surface area contributed by atoms with Crippen LogP contribution in [0.5, 0.6) is 0 Å². The summed E-state index contributed by atoms with van der Waals surface area (Å²) >= 11 is 0. The number of H-pyrrole nitrogens is 1. The number of aromatic amines is 1. The third-order valence-corrected chi connectivity index (χ3v) is 3.02. The molecule has 1 saturated carbocycles. The molecule has 1 aliphatic rings. The molecule has 0 radical (unpaired) electrons. The van der Waals surface area contributed by atoms with E-state index >= 15 is 0 Å². The molecule has 0 saturated heterocycles. The summed E-state index contributed by atoms with van der Waals surface area (Å²) in [5.41, 5.74) is 8.41. The highest BCUT2D eigenvalue weighted by molar-refractivity contribution is 5.45. The maximum absolute atomic E-state index is 5.86. The normalized spacial score (nSPS) is 25.7. The maximum atomic E-state index is 5.86. The molecule has 1 aliphatic carbocycles. The van der Waals surface area contributed by atoms with Gasteiger partial charge in [0, 0.05) is 17.2 Å². The average Bonchev–Trinajstić information content (AvgIpc) is 2.70. The van der Waals surface area contributed by atoms with E-state index in [0.717, 1.165) is 12.3 Å². The number of nitrogens with one attached hydrogen (secondary N) is 1. The van der Waals surface area contributed by atoms with E-state index in [0.29, 0.717) is 17.7 Å². The van der Waals surface area contributed by atoms with Crippen molar-refractivity contribution in [1.29, 1.82) is 0 Å². The van der Waals surface area contributed by atoms with Crippen LogP contribution < -0.4 is 5.73 Å². The molecule has 1 fully saturated rings. The van der Waals surface area contributed by atoms with Gasteiger partial charge in [-0.1, -0.05) is 20.8 Å². The van der Waals surface area contributed by atoms with Gasteiger partial charge < -0.3 is 5.73 Å². The highest BCUT2D eigenvalue weighted by Crippen LogP contribution is 2.48. The highest BCUT2D eigenvalue weighted by atomic mass is 15.2. The molecular formula is C11H19N3. The third-order valence-electron chi connectivity index (χ3n) is 3.02. The molecular weight excluding hydrogens is 174 g/mol.